The van der Waals surface area contributed by atoms with Crippen LogP contribution in [-0.2, 0) is 0 Å². The molecular weight excluding hydrogens is 174 g/mol. The van der Waals surface area contributed by atoms with Crippen LogP contribution in [0.25, 0.3) is 0 Å². The minimum atomic E-state index is -0.0764. The highest BCUT2D eigenvalue weighted by Gasteiger charge is 2.22. The monoisotopic (exact) mass is 179 g/mol. The van der Waals surface area contributed by atoms with Crippen molar-refractivity contribution in [2.75, 3.05) is 5.32 Å². The predicted molar refractivity (Wildman–Crippen MR) is 48.5 cm³/mol. The minimum Gasteiger partial charge on any atom is -0.352 e. The molecule has 2 nitrogen and oxygen atoms in total. The fourth-order valence-corrected chi connectivity index (χ4v) is 1.37. The normalized spacial score (nSPS) is 14.4. The molecule has 1 heterocycles. The summed E-state index contributed by atoms with van der Waals surface area (Å²) in [5, 5.41) is 3.44. The van der Waals surface area contributed by atoms with E-state index in [2.05, 4.69) is 11.9 Å². The number of Topliss-reactive ketones (excluding diaryl/α,β-unsaturated/α-hetero) is 1. The Kier molecular flexibility index (Phi) is 1.45. The molecule has 1 aliphatic rings. The van der Waals surface area contributed by atoms with Crippen molar-refractivity contribution in [1.29, 1.82) is 0 Å². The Bertz CT molecular complexity index is 384. The number of carbonyl (C=O) groups excluding carboxylic acids is 1. The highest BCUT2D eigenvalue weighted by molar-refractivity contribution is 6.31. The second kappa shape index (κ2) is 2.35. The number of rotatable bonds is 0. The summed E-state index contributed by atoms with van der Waals surface area (Å²) < 4.78 is 0. The van der Waals surface area contributed by atoms with Crippen LogP contribution < -0.4 is 5.32 Å². The van der Waals surface area contributed by atoms with Crippen molar-refractivity contribution in [1.82, 2.24) is 0 Å². The van der Waals surface area contributed by atoms with Crippen LogP contribution in [0, 0.1) is 0 Å². The topological polar surface area (TPSA) is 29.1 Å². The molecule has 0 spiro atoms. The summed E-state index contributed by atoms with van der Waals surface area (Å²) in [5.74, 6) is -0.0764. The first-order valence-electron chi connectivity index (χ1n) is 3.48. The smallest absolute Gasteiger partial charge is 0.210 e. The van der Waals surface area contributed by atoms with Crippen LogP contribution in [0.5, 0.6) is 0 Å². The van der Waals surface area contributed by atoms with E-state index in [-0.39, 0.29) is 5.78 Å². The van der Waals surface area contributed by atoms with Crippen LogP contribution in [0.3, 0.4) is 0 Å². The Hall–Kier alpha value is -1.28. The average Bonchev–Trinajstić information content (AvgIpc) is 2.31. The number of halogens is 1. The van der Waals surface area contributed by atoms with E-state index in [4.69, 9.17) is 11.6 Å². The lowest BCUT2D eigenvalue weighted by Crippen LogP contribution is -1.96. The SMILES string of the molecule is C=C1Nc2ccc(Cl)cc2C1=O. The largest absolute Gasteiger partial charge is 0.352 e. The second-order valence-electron chi connectivity index (χ2n) is 2.62. The van der Waals surface area contributed by atoms with Crippen LogP contribution in [0.2, 0.25) is 5.02 Å². The molecule has 0 unspecified atom stereocenters. The first-order valence-corrected chi connectivity index (χ1v) is 3.86. The third kappa shape index (κ3) is 0.924. The highest BCUT2D eigenvalue weighted by Crippen LogP contribution is 2.29. The second-order valence-corrected chi connectivity index (χ2v) is 3.06. The molecule has 3 heteroatoms. The van der Waals surface area contributed by atoms with Gasteiger partial charge in [0.05, 0.1) is 5.70 Å². The molecule has 0 bridgehead atoms. The molecule has 0 saturated carbocycles. The number of hydrogen-bond donors (Lipinski definition) is 1. The average molecular weight is 180 g/mol. The van der Waals surface area contributed by atoms with E-state index in [0.29, 0.717) is 16.3 Å². The molecule has 12 heavy (non-hydrogen) atoms. The predicted octanol–water partition coefficient (Wildman–Crippen LogP) is 2.46. The van der Waals surface area contributed by atoms with Gasteiger partial charge in [-0.1, -0.05) is 18.2 Å². The summed E-state index contributed by atoms with van der Waals surface area (Å²) in [5.41, 5.74) is 1.80. The standard InChI is InChI=1S/C9H6ClNO/c1-5-9(12)7-4-6(10)2-3-8(7)11-5/h2-4,11H,1H2. The van der Waals surface area contributed by atoms with Gasteiger partial charge in [-0.3, -0.25) is 4.79 Å². The van der Waals surface area contributed by atoms with Gasteiger partial charge in [-0.25, -0.2) is 0 Å². The molecule has 0 aromatic heterocycles. The van der Waals surface area contributed by atoms with Crippen LogP contribution in [0.15, 0.2) is 30.5 Å². The zero-order valence-corrected chi connectivity index (χ0v) is 6.98. The molecule has 1 N–H and O–H groups in total. The summed E-state index contributed by atoms with van der Waals surface area (Å²) in [6.45, 7) is 3.58. The number of benzene rings is 1. The van der Waals surface area contributed by atoms with Crippen LogP contribution in [0.1, 0.15) is 10.4 Å². The summed E-state index contributed by atoms with van der Waals surface area (Å²) in [4.78, 5) is 11.3. The maximum absolute atomic E-state index is 11.3. The zero-order chi connectivity index (χ0) is 8.72. The fourth-order valence-electron chi connectivity index (χ4n) is 1.20. The minimum absolute atomic E-state index is 0.0764. The number of ketones is 1. The van der Waals surface area contributed by atoms with E-state index >= 15 is 0 Å². The van der Waals surface area contributed by atoms with Crippen molar-refractivity contribution in [3.63, 3.8) is 0 Å². The Morgan fingerprint density at radius 2 is 2.17 bits per heavy atom. The van der Waals surface area contributed by atoms with Gasteiger partial charge in [0, 0.05) is 16.3 Å². The van der Waals surface area contributed by atoms with Gasteiger partial charge in [0.1, 0.15) is 0 Å². The van der Waals surface area contributed by atoms with E-state index in [0.717, 1.165) is 5.69 Å². The molecule has 0 saturated heterocycles. The first kappa shape index (κ1) is 7.37. The van der Waals surface area contributed by atoms with Gasteiger partial charge in [0.15, 0.2) is 0 Å². The molecular formula is C9H6ClNO. The molecule has 0 amide bonds. The molecule has 0 aliphatic carbocycles. The number of nitrogens with one attached hydrogen (secondary N) is 1. The van der Waals surface area contributed by atoms with E-state index in [9.17, 15) is 4.79 Å². The lowest BCUT2D eigenvalue weighted by Gasteiger charge is -1.95. The van der Waals surface area contributed by atoms with Gasteiger partial charge in [-0.05, 0) is 18.2 Å². The molecule has 0 radical (unpaired) electrons. The van der Waals surface area contributed by atoms with Gasteiger partial charge in [0.25, 0.3) is 0 Å². The van der Waals surface area contributed by atoms with Crippen molar-refractivity contribution in [2.24, 2.45) is 0 Å². The number of anilines is 1. The Morgan fingerprint density at radius 3 is 2.92 bits per heavy atom. The maximum Gasteiger partial charge on any atom is 0.210 e. The van der Waals surface area contributed by atoms with Crippen molar-refractivity contribution in [3.05, 3.63) is 41.1 Å². The van der Waals surface area contributed by atoms with Gasteiger partial charge in [-0.15, -0.1) is 0 Å². The number of hydrogen-bond acceptors (Lipinski definition) is 2. The number of carbonyl (C=O) groups is 1. The lowest BCUT2D eigenvalue weighted by atomic mass is 10.1. The number of allylic oxidation sites excluding steroid dienone is 1. The van der Waals surface area contributed by atoms with Crippen molar-refractivity contribution in [2.45, 2.75) is 0 Å². The molecule has 2 rings (SSSR count). The summed E-state index contributed by atoms with van der Waals surface area (Å²) >= 11 is 5.73. The number of fused-ring (bicyclic) bond motifs is 1. The highest BCUT2D eigenvalue weighted by atomic mass is 35.5. The molecule has 0 atom stereocenters. The van der Waals surface area contributed by atoms with E-state index in [1.165, 1.54) is 0 Å². The first-order chi connectivity index (χ1) is 5.68. The zero-order valence-electron chi connectivity index (χ0n) is 6.23. The lowest BCUT2D eigenvalue weighted by molar-refractivity contribution is 0.104. The van der Waals surface area contributed by atoms with Crippen LogP contribution in [-0.4, -0.2) is 5.78 Å². The Labute approximate surface area is 74.8 Å². The van der Waals surface area contributed by atoms with E-state index in [1.54, 1.807) is 18.2 Å². The van der Waals surface area contributed by atoms with Gasteiger partial charge in [-0.2, -0.15) is 0 Å². The third-order valence-corrected chi connectivity index (χ3v) is 2.02. The van der Waals surface area contributed by atoms with E-state index in [1.807, 2.05) is 0 Å². The Morgan fingerprint density at radius 1 is 1.42 bits per heavy atom. The van der Waals surface area contributed by atoms with Crippen LogP contribution >= 0.6 is 11.6 Å². The van der Waals surface area contributed by atoms with Crippen molar-refractivity contribution >= 4 is 23.1 Å². The fraction of sp³-hybridized carbons (Fsp3) is 0. The Balaban J connectivity index is 2.63. The summed E-state index contributed by atoms with van der Waals surface area (Å²) in [7, 11) is 0. The molecule has 1 aliphatic heterocycles. The molecule has 1 aromatic carbocycles. The van der Waals surface area contributed by atoms with Gasteiger partial charge < -0.3 is 5.32 Å². The van der Waals surface area contributed by atoms with Crippen molar-refractivity contribution in [3.8, 4) is 0 Å². The summed E-state index contributed by atoms with van der Waals surface area (Å²) in [6, 6.07) is 5.15. The van der Waals surface area contributed by atoms with Crippen LogP contribution in [0.4, 0.5) is 5.69 Å². The third-order valence-electron chi connectivity index (χ3n) is 1.79. The summed E-state index contributed by atoms with van der Waals surface area (Å²) in [6.07, 6.45) is 0. The van der Waals surface area contributed by atoms with Gasteiger partial charge in [0.2, 0.25) is 5.78 Å². The quantitative estimate of drug-likeness (QED) is 0.620. The van der Waals surface area contributed by atoms with Gasteiger partial charge >= 0.3 is 0 Å². The van der Waals surface area contributed by atoms with Crippen molar-refractivity contribution < 1.29 is 4.79 Å². The molecule has 60 valence electrons. The molecule has 1 aromatic rings. The van der Waals surface area contributed by atoms with E-state index < -0.39 is 0 Å². The molecule has 0 fully saturated rings. The maximum atomic E-state index is 11.3.